The molecule has 0 fully saturated rings. The van der Waals surface area contributed by atoms with Crippen LogP contribution in [0.25, 0.3) is 0 Å². The van der Waals surface area contributed by atoms with Crippen molar-refractivity contribution in [1.29, 1.82) is 0 Å². The van der Waals surface area contributed by atoms with E-state index in [1.165, 1.54) is 24.0 Å². The van der Waals surface area contributed by atoms with E-state index in [9.17, 15) is 0 Å². The Morgan fingerprint density at radius 3 is 2.78 bits per heavy atom. The van der Waals surface area contributed by atoms with Gasteiger partial charge in [-0.3, -0.25) is 0 Å². The zero-order valence-corrected chi connectivity index (χ0v) is 12.0. The van der Waals surface area contributed by atoms with Crippen LogP contribution in [0.4, 0.5) is 0 Å². The quantitative estimate of drug-likeness (QED) is 0.861. The van der Waals surface area contributed by atoms with Crippen LogP contribution in [0.5, 0.6) is 5.75 Å². The molecule has 1 N–H and O–H groups in total. The maximum atomic E-state index is 5.37. The normalized spacial score (nSPS) is 19.9. The average molecular weight is 247 g/mol. The summed E-state index contributed by atoms with van der Waals surface area (Å²) < 4.78 is 5.37. The van der Waals surface area contributed by atoms with Crippen molar-refractivity contribution in [3.8, 4) is 5.75 Å². The van der Waals surface area contributed by atoms with Gasteiger partial charge in [0.15, 0.2) is 0 Å². The van der Waals surface area contributed by atoms with E-state index >= 15 is 0 Å². The van der Waals surface area contributed by atoms with Gasteiger partial charge in [0.05, 0.1) is 7.11 Å². The summed E-state index contributed by atoms with van der Waals surface area (Å²) in [5, 5.41) is 3.66. The predicted octanol–water partition coefficient (Wildman–Crippen LogP) is 3.36. The fraction of sp³-hybridized carbons (Fsp3) is 0.625. The summed E-state index contributed by atoms with van der Waals surface area (Å²) >= 11 is 0. The molecule has 2 heteroatoms. The van der Waals surface area contributed by atoms with Gasteiger partial charge in [-0.25, -0.2) is 0 Å². The second-order valence-electron chi connectivity index (χ2n) is 5.54. The van der Waals surface area contributed by atoms with Crippen LogP contribution in [0.15, 0.2) is 18.2 Å². The minimum Gasteiger partial charge on any atom is -0.497 e. The van der Waals surface area contributed by atoms with Gasteiger partial charge < -0.3 is 10.1 Å². The molecule has 2 nitrogen and oxygen atoms in total. The molecule has 0 aromatic heterocycles. The fourth-order valence-corrected chi connectivity index (χ4v) is 3.19. The Labute approximate surface area is 111 Å². The molecule has 2 unspecified atom stereocenters. The summed E-state index contributed by atoms with van der Waals surface area (Å²) in [5.41, 5.74) is 3.00. The lowest BCUT2D eigenvalue weighted by Gasteiger charge is -2.29. The molecular weight excluding hydrogens is 222 g/mol. The zero-order chi connectivity index (χ0) is 13.1. The number of likely N-dealkylation sites (N-methyl/N-ethyl adjacent to an activating group) is 1. The molecule has 0 bridgehead atoms. The summed E-state index contributed by atoms with van der Waals surface area (Å²) in [6.07, 6.45) is 2.47. The molecule has 1 aliphatic rings. The number of hydrogen-bond acceptors (Lipinski definition) is 2. The minimum atomic E-state index is 0.573. The molecule has 1 aliphatic carbocycles. The number of benzene rings is 1. The Morgan fingerprint density at radius 2 is 2.17 bits per heavy atom. The maximum Gasteiger partial charge on any atom is 0.119 e. The molecule has 1 aromatic rings. The highest BCUT2D eigenvalue weighted by molar-refractivity contribution is 5.42. The van der Waals surface area contributed by atoms with Crippen molar-refractivity contribution in [2.24, 2.45) is 5.92 Å². The second-order valence-corrected chi connectivity index (χ2v) is 5.54. The van der Waals surface area contributed by atoms with Crippen molar-refractivity contribution in [2.45, 2.75) is 45.6 Å². The van der Waals surface area contributed by atoms with Crippen molar-refractivity contribution in [3.63, 3.8) is 0 Å². The van der Waals surface area contributed by atoms with Gasteiger partial charge in [-0.15, -0.1) is 0 Å². The molecule has 1 aromatic carbocycles. The fourth-order valence-electron chi connectivity index (χ4n) is 3.19. The lowest BCUT2D eigenvalue weighted by atomic mass is 9.86. The average Bonchev–Trinajstić information content (AvgIpc) is 2.78. The van der Waals surface area contributed by atoms with Gasteiger partial charge in [0.25, 0.3) is 0 Å². The van der Waals surface area contributed by atoms with E-state index < -0.39 is 0 Å². The highest BCUT2D eigenvalue weighted by Crippen LogP contribution is 2.39. The number of aryl methyl sites for hydroxylation is 1. The molecule has 0 radical (unpaired) electrons. The first kappa shape index (κ1) is 13.4. The van der Waals surface area contributed by atoms with Crippen LogP contribution in [-0.4, -0.2) is 19.7 Å². The first-order valence-electron chi connectivity index (χ1n) is 7.07. The molecule has 18 heavy (non-hydrogen) atoms. The van der Waals surface area contributed by atoms with E-state index in [1.54, 1.807) is 7.11 Å². The number of hydrogen-bond donors (Lipinski definition) is 1. The molecule has 0 saturated carbocycles. The summed E-state index contributed by atoms with van der Waals surface area (Å²) in [6.45, 7) is 7.85. The first-order valence-corrected chi connectivity index (χ1v) is 7.07. The first-order chi connectivity index (χ1) is 8.67. The van der Waals surface area contributed by atoms with Crippen LogP contribution >= 0.6 is 0 Å². The molecule has 0 amide bonds. The van der Waals surface area contributed by atoms with Gasteiger partial charge in [0.2, 0.25) is 0 Å². The number of ether oxygens (including phenoxy) is 1. The van der Waals surface area contributed by atoms with Crippen molar-refractivity contribution >= 4 is 0 Å². The summed E-state index contributed by atoms with van der Waals surface area (Å²) in [7, 11) is 1.75. The van der Waals surface area contributed by atoms with Crippen molar-refractivity contribution in [2.75, 3.05) is 13.7 Å². The number of rotatable bonds is 5. The van der Waals surface area contributed by atoms with Gasteiger partial charge in [0.1, 0.15) is 5.75 Å². The smallest absolute Gasteiger partial charge is 0.119 e. The van der Waals surface area contributed by atoms with E-state index in [-0.39, 0.29) is 0 Å². The molecular formula is C16H25NO. The molecule has 2 atom stereocenters. The minimum absolute atomic E-state index is 0.573. The Balaban J connectivity index is 2.28. The van der Waals surface area contributed by atoms with Gasteiger partial charge >= 0.3 is 0 Å². The van der Waals surface area contributed by atoms with Crippen molar-refractivity contribution in [1.82, 2.24) is 5.32 Å². The predicted molar refractivity (Wildman–Crippen MR) is 76.4 cm³/mol. The van der Waals surface area contributed by atoms with Crippen LogP contribution in [-0.2, 0) is 6.42 Å². The van der Waals surface area contributed by atoms with Crippen LogP contribution in [0, 0.1) is 5.92 Å². The van der Waals surface area contributed by atoms with E-state index in [0.29, 0.717) is 17.9 Å². The summed E-state index contributed by atoms with van der Waals surface area (Å²) in [4.78, 5) is 0. The summed E-state index contributed by atoms with van der Waals surface area (Å²) in [6, 6.07) is 7.12. The van der Waals surface area contributed by atoms with Crippen LogP contribution in [0.2, 0.25) is 0 Å². The van der Waals surface area contributed by atoms with Gasteiger partial charge in [-0.1, -0.05) is 26.8 Å². The molecule has 100 valence electrons. The monoisotopic (exact) mass is 247 g/mol. The van der Waals surface area contributed by atoms with E-state index in [2.05, 4.69) is 44.3 Å². The highest BCUT2D eigenvalue weighted by atomic mass is 16.5. The Bertz CT molecular complexity index is 400. The van der Waals surface area contributed by atoms with Crippen LogP contribution in [0.3, 0.4) is 0 Å². The van der Waals surface area contributed by atoms with Crippen molar-refractivity contribution in [3.05, 3.63) is 29.3 Å². The van der Waals surface area contributed by atoms with Gasteiger partial charge in [-0.2, -0.15) is 0 Å². The Hall–Kier alpha value is -1.02. The largest absolute Gasteiger partial charge is 0.497 e. The molecule has 0 saturated heterocycles. The highest BCUT2D eigenvalue weighted by Gasteiger charge is 2.31. The molecule has 0 spiro atoms. The topological polar surface area (TPSA) is 21.3 Å². The van der Waals surface area contributed by atoms with E-state index in [0.717, 1.165) is 12.3 Å². The molecule has 0 aliphatic heterocycles. The maximum absolute atomic E-state index is 5.37. The lowest BCUT2D eigenvalue weighted by molar-refractivity contribution is 0.344. The summed E-state index contributed by atoms with van der Waals surface area (Å²) in [5.74, 6) is 2.28. The third-order valence-electron chi connectivity index (χ3n) is 4.07. The molecule has 2 rings (SSSR count). The van der Waals surface area contributed by atoms with Gasteiger partial charge in [0, 0.05) is 12.0 Å². The molecule has 0 heterocycles. The van der Waals surface area contributed by atoms with Gasteiger partial charge in [-0.05, 0) is 48.6 Å². The van der Waals surface area contributed by atoms with E-state index in [1.807, 2.05) is 0 Å². The number of methoxy groups -OCH3 is 1. The third kappa shape index (κ3) is 2.54. The zero-order valence-electron chi connectivity index (χ0n) is 12.0. The number of fused-ring (bicyclic) bond motifs is 1. The van der Waals surface area contributed by atoms with Crippen LogP contribution < -0.4 is 10.1 Å². The standard InChI is InChI=1S/C16H25NO/c1-5-17-16(11(2)3)14-9-7-12-6-8-13(18-4)10-15(12)14/h6,8,10-11,14,16-17H,5,7,9H2,1-4H3. The third-order valence-corrected chi connectivity index (χ3v) is 4.07. The van der Waals surface area contributed by atoms with Crippen molar-refractivity contribution < 1.29 is 4.74 Å². The SMILES string of the molecule is CCNC(C(C)C)C1CCc2ccc(OC)cc21. The Kier molecular flexibility index (Phi) is 4.28. The van der Waals surface area contributed by atoms with Crippen LogP contribution in [0.1, 0.15) is 44.2 Å². The number of nitrogens with one attached hydrogen (secondary N) is 1. The van der Waals surface area contributed by atoms with E-state index in [4.69, 9.17) is 4.74 Å². The Morgan fingerprint density at radius 1 is 1.39 bits per heavy atom. The second kappa shape index (κ2) is 5.75. The lowest BCUT2D eigenvalue weighted by Crippen LogP contribution is -2.38.